The fourth-order valence-electron chi connectivity index (χ4n) is 1.95. The molecule has 23 heavy (non-hydrogen) atoms. The second-order valence-electron chi connectivity index (χ2n) is 4.59. The number of methoxy groups -OCH3 is 1. The summed E-state index contributed by atoms with van der Waals surface area (Å²) in [7, 11) is 1.49. The molecular formula is C17H13ClO5. The molecule has 0 bridgehead atoms. The number of hydrogen-bond acceptors (Lipinski definition) is 4. The summed E-state index contributed by atoms with van der Waals surface area (Å²) in [6.45, 7) is 0. The highest BCUT2D eigenvalue weighted by molar-refractivity contribution is 6.34. The number of halogens is 1. The van der Waals surface area contributed by atoms with E-state index in [9.17, 15) is 14.7 Å². The molecule has 6 heteroatoms. The molecule has 0 aliphatic rings. The van der Waals surface area contributed by atoms with Crippen molar-refractivity contribution in [3.05, 3.63) is 64.2 Å². The van der Waals surface area contributed by atoms with E-state index in [1.807, 2.05) is 0 Å². The molecule has 2 aromatic carbocycles. The first-order valence-electron chi connectivity index (χ1n) is 6.55. The van der Waals surface area contributed by atoms with Crippen LogP contribution >= 0.6 is 11.6 Å². The van der Waals surface area contributed by atoms with Crippen LogP contribution in [0.15, 0.2) is 42.5 Å². The van der Waals surface area contributed by atoms with E-state index in [1.54, 1.807) is 6.07 Å². The van der Waals surface area contributed by atoms with Crippen molar-refractivity contribution in [1.29, 1.82) is 0 Å². The van der Waals surface area contributed by atoms with Crippen molar-refractivity contribution < 1.29 is 24.5 Å². The molecular weight excluding hydrogens is 320 g/mol. The molecule has 0 aliphatic heterocycles. The largest absolute Gasteiger partial charge is 0.506 e. The number of rotatable bonds is 5. The van der Waals surface area contributed by atoms with Crippen LogP contribution in [0.3, 0.4) is 0 Å². The number of ether oxygens (including phenoxy) is 1. The molecule has 0 saturated carbocycles. The van der Waals surface area contributed by atoms with Crippen molar-refractivity contribution in [3.63, 3.8) is 0 Å². The first-order valence-corrected chi connectivity index (χ1v) is 6.93. The number of carboxylic acids is 1. The van der Waals surface area contributed by atoms with E-state index in [1.165, 1.54) is 49.6 Å². The lowest BCUT2D eigenvalue weighted by molar-refractivity contribution is 0.0693. The lowest BCUT2D eigenvalue weighted by Gasteiger charge is -2.04. The molecule has 0 amide bonds. The van der Waals surface area contributed by atoms with Gasteiger partial charge in [-0.15, -0.1) is 0 Å². The summed E-state index contributed by atoms with van der Waals surface area (Å²) in [5, 5.41) is 19.1. The lowest BCUT2D eigenvalue weighted by atomic mass is 10.1. The van der Waals surface area contributed by atoms with E-state index in [2.05, 4.69) is 0 Å². The first-order chi connectivity index (χ1) is 10.9. The lowest BCUT2D eigenvalue weighted by Crippen LogP contribution is -1.98. The summed E-state index contributed by atoms with van der Waals surface area (Å²) in [4.78, 5) is 23.1. The number of carbonyl (C=O) groups excluding carboxylic acids is 1. The van der Waals surface area contributed by atoms with Gasteiger partial charge in [-0.1, -0.05) is 23.7 Å². The minimum absolute atomic E-state index is 0.225. The van der Waals surface area contributed by atoms with Gasteiger partial charge in [0.1, 0.15) is 17.1 Å². The van der Waals surface area contributed by atoms with Crippen molar-refractivity contribution in [2.24, 2.45) is 0 Å². The number of para-hydroxylation sites is 1. The van der Waals surface area contributed by atoms with Crippen molar-refractivity contribution >= 4 is 29.4 Å². The summed E-state index contributed by atoms with van der Waals surface area (Å²) in [5.41, 5.74) is 0.266. The Kier molecular flexibility index (Phi) is 5.03. The third-order valence-corrected chi connectivity index (χ3v) is 3.47. The van der Waals surface area contributed by atoms with Gasteiger partial charge in [0.25, 0.3) is 0 Å². The van der Waals surface area contributed by atoms with Gasteiger partial charge in [0.15, 0.2) is 5.78 Å². The van der Waals surface area contributed by atoms with Gasteiger partial charge in [-0.3, -0.25) is 4.79 Å². The number of carbonyl (C=O) groups is 2. The van der Waals surface area contributed by atoms with Gasteiger partial charge in [0.05, 0.1) is 12.1 Å². The number of aromatic hydroxyl groups is 1. The summed E-state index contributed by atoms with van der Waals surface area (Å²) in [6, 6.07) is 8.91. The summed E-state index contributed by atoms with van der Waals surface area (Å²) in [6.07, 6.45) is 2.55. The molecule has 0 heterocycles. The highest BCUT2D eigenvalue weighted by Gasteiger charge is 2.12. The number of benzene rings is 2. The minimum atomic E-state index is -1.25. The van der Waals surface area contributed by atoms with Crippen LogP contribution in [0.5, 0.6) is 11.5 Å². The molecule has 0 radical (unpaired) electrons. The Morgan fingerprint density at radius 2 is 1.91 bits per heavy atom. The smallest absolute Gasteiger partial charge is 0.339 e. The van der Waals surface area contributed by atoms with Gasteiger partial charge in [0, 0.05) is 11.1 Å². The third-order valence-electron chi connectivity index (χ3n) is 3.15. The van der Waals surface area contributed by atoms with Crippen LogP contribution in [0, 0.1) is 0 Å². The van der Waals surface area contributed by atoms with Crippen LogP contribution in [0.1, 0.15) is 26.3 Å². The molecule has 0 fully saturated rings. The highest BCUT2D eigenvalue weighted by Crippen LogP contribution is 2.25. The van der Waals surface area contributed by atoms with E-state index in [4.69, 9.17) is 21.4 Å². The van der Waals surface area contributed by atoms with Crippen LogP contribution in [0.4, 0.5) is 0 Å². The Hall–Kier alpha value is -2.79. The zero-order chi connectivity index (χ0) is 17.0. The van der Waals surface area contributed by atoms with Crippen LogP contribution in [0.2, 0.25) is 5.02 Å². The Morgan fingerprint density at radius 1 is 1.17 bits per heavy atom. The zero-order valence-electron chi connectivity index (χ0n) is 12.1. The first kappa shape index (κ1) is 16.6. The van der Waals surface area contributed by atoms with E-state index in [-0.39, 0.29) is 27.5 Å². The second-order valence-corrected chi connectivity index (χ2v) is 5.00. The Balaban J connectivity index is 2.29. The van der Waals surface area contributed by atoms with E-state index in [0.29, 0.717) is 5.75 Å². The zero-order valence-corrected chi connectivity index (χ0v) is 12.9. The van der Waals surface area contributed by atoms with Crippen LogP contribution in [0.25, 0.3) is 6.08 Å². The molecule has 2 N–H and O–H groups in total. The standard InChI is InChI=1S/C17H13ClO5/c1-23-11-6-7-12(14(18)9-11)15(19)8-5-10-3-2-4-13(16(10)20)17(21)22/h2-9,20H,1H3,(H,21,22)/b8-5-. The maximum Gasteiger partial charge on any atom is 0.339 e. The average Bonchev–Trinajstić information content (AvgIpc) is 2.53. The number of phenols is 1. The molecule has 0 saturated heterocycles. The summed E-state index contributed by atoms with van der Waals surface area (Å²) >= 11 is 6.02. The van der Waals surface area contributed by atoms with Gasteiger partial charge in [-0.05, 0) is 36.4 Å². The van der Waals surface area contributed by atoms with Gasteiger partial charge >= 0.3 is 5.97 Å². The maximum atomic E-state index is 12.2. The molecule has 118 valence electrons. The number of aromatic carboxylic acids is 1. The second kappa shape index (κ2) is 6.98. The molecule has 2 rings (SSSR count). The average molecular weight is 333 g/mol. The Bertz CT molecular complexity index is 796. The topological polar surface area (TPSA) is 83.8 Å². The Morgan fingerprint density at radius 3 is 2.52 bits per heavy atom. The third kappa shape index (κ3) is 3.70. The van der Waals surface area contributed by atoms with Crippen molar-refractivity contribution in [2.45, 2.75) is 0 Å². The normalized spacial score (nSPS) is 10.7. The Labute approximate surface area is 137 Å². The van der Waals surface area contributed by atoms with Crippen LogP contribution < -0.4 is 4.74 Å². The molecule has 0 spiro atoms. The van der Waals surface area contributed by atoms with E-state index in [0.717, 1.165) is 0 Å². The predicted octanol–water partition coefficient (Wildman–Crippen LogP) is 3.65. The number of ketones is 1. The van der Waals surface area contributed by atoms with Gasteiger partial charge in [-0.25, -0.2) is 4.79 Å². The van der Waals surface area contributed by atoms with E-state index < -0.39 is 11.7 Å². The van der Waals surface area contributed by atoms with Gasteiger partial charge < -0.3 is 14.9 Å². The van der Waals surface area contributed by atoms with E-state index >= 15 is 0 Å². The fourth-order valence-corrected chi connectivity index (χ4v) is 2.21. The van der Waals surface area contributed by atoms with Gasteiger partial charge in [-0.2, -0.15) is 0 Å². The van der Waals surface area contributed by atoms with Gasteiger partial charge in [0.2, 0.25) is 0 Å². The quantitative estimate of drug-likeness (QED) is 0.645. The van der Waals surface area contributed by atoms with Crippen molar-refractivity contribution in [2.75, 3.05) is 7.11 Å². The van der Waals surface area contributed by atoms with Crippen molar-refractivity contribution in [1.82, 2.24) is 0 Å². The van der Waals surface area contributed by atoms with Crippen LogP contribution in [-0.4, -0.2) is 29.1 Å². The summed E-state index contributed by atoms with van der Waals surface area (Å²) in [5.74, 6) is -1.49. The fraction of sp³-hybridized carbons (Fsp3) is 0.0588. The number of carboxylic acid groups (broad SMARTS) is 1. The maximum absolute atomic E-state index is 12.2. The number of hydrogen-bond donors (Lipinski definition) is 2. The van der Waals surface area contributed by atoms with Crippen LogP contribution in [-0.2, 0) is 0 Å². The molecule has 0 unspecified atom stereocenters. The monoisotopic (exact) mass is 332 g/mol. The molecule has 0 aromatic heterocycles. The molecule has 5 nitrogen and oxygen atoms in total. The molecule has 0 aliphatic carbocycles. The summed E-state index contributed by atoms with van der Waals surface area (Å²) < 4.78 is 5.01. The van der Waals surface area contributed by atoms with Crippen molar-refractivity contribution in [3.8, 4) is 11.5 Å². The number of allylic oxidation sites excluding steroid dienone is 1. The molecule has 2 aromatic rings. The minimum Gasteiger partial charge on any atom is -0.506 e. The predicted molar refractivity (Wildman–Crippen MR) is 86.4 cm³/mol. The SMILES string of the molecule is COc1ccc(C(=O)/C=C\c2cccc(C(=O)O)c2O)c(Cl)c1. The highest BCUT2D eigenvalue weighted by atomic mass is 35.5. The molecule has 0 atom stereocenters.